The Morgan fingerprint density at radius 3 is 1.79 bits per heavy atom. The van der Waals surface area contributed by atoms with Crippen molar-refractivity contribution in [1.82, 2.24) is 29.6 Å². The molecule has 0 amide bonds. The summed E-state index contributed by atoms with van der Waals surface area (Å²) in [5.41, 5.74) is 20.3. The smallest absolute Gasteiger partial charge is 0.116 e. The minimum atomic E-state index is -0.276. The van der Waals surface area contributed by atoms with Crippen molar-refractivity contribution in [3.63, 3.8) is 0 Å². The van der Waals surface area contributed by atoms with E-state index in [4.69, 9.17) is 4.42 Å². The van der Waals surface area contributed by atoms with Crippen LogP contribution in [0.1, 0.15) is 55.9 Å². The Morgan fingerprint density at radius 1 is 0.486 bits per heavy atom. The van der Waals surface area contributed by atoms with Crippen LogP contribution in [-0.4, -0.2) is 43.7 Å². The van der Waals surface area contributed by atoms with Gasteiger partial charge in [-0.2, -0.15) is 79.1 Å². The van der Waals surface area contributed by atoms with Gasteiger partial charge in [-0.05, 0) is 126 Å². The number of rotatable bonds is 7. The minimum absolute atomic E-state index is 0. The number of hydrogen-bond donors (Lipinski definition) is 0. The number of nitrogens with zero attached hydrogens (tertiary/aromatic N) is 9. The summed E-state index contributed by atoms with van der Waals surface area (Å²) in [6.45, 7) is 14.9. The molecule has 10 aromatic carbocycles. The van der Waals surface area contributed by atoms with Crippen molar-refractivity contribution >= 4 is 55.5 Å². The van der Waals surface area contributed by atoms with Gasteiger partial charge in [-0.3, -0.25) is 13.5 Å². The molecule has 0 unspecified atom stereocenters. The van der Waals surface area contributed by atoms with Crippen molar-refractivity contribution in [1.29, 1.82) is 0 Å². The molecule has 18 heteroatoms. The van der Waals surface area contributed by atoms with E-state index in [1.165, 1.54) is 74.2 Å². The summed E-state index contributed by atoms with van der Waals surface area (Å²) in [6, 6.07) is 97.1. The molecule has 2 aliphatic heterocycles. The number of aryl methyl sites for hydroxylation is 1. The molecule has 0 N–H and O–H groups in total. The Balaban J connectivity index is 0.000000178. The van der Waals surface area contributed by atoms with Crippen LogP contribution in [0.5, 0.6) is 0 Å². The Hall–Kier alpha value is -8.38. The second kappa shape index (κ2) is 40.2. The third-order valence-corrected chi connectivity index (χ3v) is 17.5. The fourth-order valence-electron chi connectivity index (χ4n) is 12.3. The van der Waals surface area contributed by atoms with Crippen molar-refractivity contribution in [2.24, 2.45) is 0 Å². The van der Waals surface area contributed by atoms with E-state index < -0.39 is 0 Å². The number of aromatic nitrogens is 5. The molecule has 3 aliphatic rings. The molecule has 15 aromatic rings. The van der Waals surface area contributed by atoms with Crippen LogP contribution in [-0.2, 0) is 126 Å². The number of pyridine rings is 3. The molecule has 7 heterocycles. The van der Waals surface area contributed by atoms with Crippen molar-refractivity contribution in [2.45, 2.75) is 46.0 Å². The average Bonchev–Trinajstić information content (AvgIpc) is 1.59. The van der Waals surface area contributed by atoms with E-state index in [9.17, 15) is 8.78 Å². The maximum atomic E-state index is 12.8. The summed E-state index contributed by atoms with van der Waals surface area (Å²) in [7, 11) is 4.05. The van der Waals surface area contributed by atoms with Crippen molar-refractivity contribution in [2.75, 3.05) is 28.8 Å². The van der Waals surface area contributed by atoms with Gasteiger partial charge in [-0.25, -0.2) is 0 Å². The van der Waals surface area contributed by atoms with Gasteiger partial charge in [0, 0.05) is 186 Å². The van der Waals surface area contributed by atoms with Crippen LogP contribution in [0.2, 0.25) is 0 Å². The van der Waals surface area contributed by atoms with Gasteiger partial charge in [0.15, 0.2) is 0 Å². The molecule has 6 radical (unpaired) electrons. The minimum Gasteiger partial charge on any atom is -0.514 e. The molecule has 10 nitrogen and oxygen atoms in total. The molecule has 0 bridgehead atoms. The van der Waals surface area contributed by atoms with E-state index in [0.29, 0.717) is 5.92 Å². The molecule has 18 rings (SSSR count). The van der Waals surface area contributed by atoms with Crippen LogP contribution in [0.4, 0.5) is 31.5 Å². The first-order chi connectivity index (χ1) is 49.2. The van der Waals surface area contributed by atoms with E-state index in [0.717, 1.165) is 78.3 Å². The fraction of sp³-hybridized carbons (Fsp3) is 0.101. The number of hydrogen-bond acceptors (Lipinski definition) is 9. The SMILES string of the molecule is CC(C)c1ccnc(-c2[c-]cc(F)cc2)c1.CC1(C)c2ccccc2-c2c[c-]c(-n3cccn3)cc21.CN1C=CN(c2[c-]ccc3c2oc2ccccc23)[CH-]1.CN1[CH-]N(c2[c-]cccc2)c2ccccc21.Cc1ccnc(-c2[c-]cc(F)cc2)c1.[Ir].[Ir].[Ir].[Ir].[Ir].[Ir].[c-]1ccccc1-c1nccc2ccccc12. The number of halogens is 2. The third kappa shape index (κ3) is 20.5. The van der Waals surface area contributed by atoms with Gasteiger partial charge in [0.1, 0.15) is 5.58 Å². The molecule has 0 saturated carbocycles. The first kappa shape index (κ1) is 85.9. The van der Waals surface area contributed by atoms with Gasteiger partial charge in [0.05, 0.1) is 0 Å². The molecule has 0 saturated heterocycles. The Morgan fingerprint density at radius 2 is 1.13 bits per heavy atom. The third-order valence-electron chi connectivity index (χ3n) is 17.5. The van der Waals surface area contributed by atoms with Crippen molar-refractivity contribution in [3.8, 4) is 50.6 Å². The van der Waals surface area contributed by atoms with Gasteiger partial charge < -0.3 is 39.0 Å². The summed E-state index contributed by atoms with van der Waals surface area (Å²) in [4.78, 5) is 21.2. The fourth-order valence-corrected chi connectivity index (χ4v) is 12.3. The predicted molar refractivity (Wildman–Crippen MR) is 405 cm³/mol. The summed E-state index contributed by atoms with van der Waals surface area (Å²) in [5.74, 6) is -0.0904. The molecule has 0 atom stereocenters. The van der Waals surface area contributed by atoms with Crippen molar-refractivity contribution < 1.29 is 134 Å². The largest absolute Gasteiger partial charge is 0.514 e. The van der Waals surface area contributed by atoms with Crippen molar-refractivity contribution in [3.05, 3.63) is 370 Å². The number of furan rings is 1. The quantitative estimate of drug-likeness (QED) is 0.145. The van der Waals surface area contributed by atoms with Crippen LogP contribution in [0.25, 0.3) is 83.3 Å². The van der Waals surface area contributed by atoms with E-state index >= 15 is 0 Å². The molecular formula is C89H71F2Ir6N9O-8. The molecular weight excluding hydrogens is 2400 g/mol. The van der Waals surface area contributed by atoms with Gasteiger partial charge in [0.25, 0.3) is 0 Å². The summed E-state index contributed by atoms with van der Waals surface area (Å²) < 4.78 is 33.2. The summed E-state index contributed by atoms with van der Waals surface area (Å²) in [5, 5.41) is 8.95. The van der Waals surface area contributed by atoms with E-state index in [2.05, 4.69) is 193 Å². The zero-order valence-electron chi connectivity index (χ0n) is 59.1. The van der Waals surface area contributed by atoms with Crippen LogP contribution in [0.3, 0.4) is 0 Å². The van der Waals surface area contributed by atoms with Crippen LogP contribution >= 0.6 is 0 Å². The Labute approximate surface area is 706 Å². The zero-order valence-corrected chi connectivity index (χ0v) is 73.4. The Kier molecular flexibility index (Phi) is 32.2. The summed E-state index contributed by atoms with van der Waals surface area (Å²) >= 11 is 0. The number of fused-ring (bicyclic) bond motifs is 8. The molecule has 1 aliphatic carbocycles. The maximum Gasteiger partial charge on any atom is 0.116 e. The standard InChI is InChI=1S/C18H15N2.C16H12N2O.C15H10N.C14H13FN.C14H12N2.C12H9FN.6Ir/c1-18(2)16-7-4-3-6-14(16)15-9-8-13(12-17(15)18)20-11-5-10-19-20;1-17-9-10-18(11-17)14-7-4-6-13-12-5-2-3-8-15(12)19-16(13)14;1-2-7-13(8-3-1)15-14-9-5-4-6-12(14)10-11-16-15;1-10(2)12-7-8-16-14(9-12)11-3-5-13(15)6-4-11;1-15-11-16(12-7-3-2-4-8-12)14-10-6-5-9-13(14)15;1-9-6-7-14-12(8-9)10-2-4-11(13)5-3-10;;;;;;/h3-7,9-12H,1-2H3;2-6,8-11H,1H3;1-7,9-11H;3,5-10H,1-2H3;2-7,9-11H,1H3;2,4-8H,1H3;;;;;;/q-1;-2;2*-1;-2;-1;;;;;;. The molecule has 107 heavy (non-hydrogen) atoms. The summed E-state index contributed by atoms with van der Waals surface area (Å²) in [6.07, 6.45) is 13.1. The van der Waals surface area contributed by atoms with Gasteiger partial charge >= 0.3 is 0 Å². The average molecular weight is 2470 g/mol. The Bertz CT molecular complexity index is 5320. The number of anilines is 4. The number of para-hydroxylation sites is 4. The second-order valence-electron chi connectivity index (χ2n) is 25.1. The molecule has 0 fully saturated rings. The van der Waals surface area contributed by atoms with Gasteiger partial charge in [0.2, 0.25) is 0 Å². The van der Waals surface area contributed by atoms with E-state index in [-0.39, 0.29) is 138 Å². The molecule has 5 aromatic heterocycles. The van der Waals surface area contributed by atoms with E-state index in [1.54, 1.807) is 30.7 Å². The number of benzene rings is 10. The first-order valence-corrected chi connectivity index (χ1v) is 33.2. The molecule has 554 valence electrons. The monoisotopic (exact) mass is 2480 g/mol. The van der Waals surface area contributed by atoms with Gasteiger partial charge in [-0.15, -0.1) is 118 Å². The topological polar surface area (TPSA) is 82.6 Å². The van der Waals surface area contributed by atoms with Gasteiger partial charge in [-0.1, -0.05) is 146 Å². The second-order valence-corrected chi connectivity index (χ2v) is 25.1. The van der Waals surface area contributed by atoms with Crippen LogP contribution in [0, 0.1) is 68.3 Å². The van der Waals surface area contributed by atoms with E-state index in [1.807, 2.05) is 181 Å². The maximum absolute atomic E-state index is 12.8. The first-order valence-electron chi connectivity index (χ1n) is 33.2. The molecule has 0 spiro atoms. The normalized spacial score (nSPS) is 12.1. The zero-order chi connectivity index (χ0) is 69.8. The van der Waals surface area contributed by atoms with Crippen LogP contribution in [0.15, 0.2) is 290 Å². The predicted octanol–water partition coefficient (Wildman–Crippen LogP) is 21.4. The van der Waals surface area contributed by atoms with Crippen LogP contribution < -0.4 is 14.7 Å².